The van der Waals surface area contributed by atoms with Crippen molar-refractivity contribution >= 4 is 27.6 Å². The zero-order chi connectivity index (χ0) is 12.0. The minimum Gasteiger partial charge on any atom is -0.497 e. The summed E-state index contributed by atoms with van der Waals surface area (Å²) in [6.45, 7) is 0.450. The lowest BCUT2D eigenvalue weighted by Crippen LogP contribution is -1.99. The summed E-state index contributed by atoms with van der Waals surface area (Å²) in [5.41, 5.74) is 0.862. The number of carboxylic acids is 1. The van der Waals surface area contributed by atoms with Gasteiger partial charge in [0.25, 0.3) is 0 Å². The number of methoxy groups -OCH3 is 1. The highest BCUT2D eigenvalue weighted by Gasteiger charge is 1.98. The van der Waals surface area contributed by atoms with Crippen molar-refractivity contribution in [2.45, 2.75) is 0 Å². The van der Waals surface area contributed by atoms with Crippen molar-refractivity contribution in [2.75, 3.05) is 19.0 Å². The Labute approximate surface area is 102 Å². The smallest absolute Gasteiger partial charge is 0.328 e. The van der Waals surface area contributed by atoms with Crippen LogP contribution in [-0.4, -0.2) is 24.7 Å². The molecule has 4 nitrogen and oxygen atoms in total. The molecule has 0 aliphatic rings. The maximum atomic E-state index is 10.2. The fourth-order valence-corrected chi connectivity index (χ4v) is 1.59. The molecule has 0 aromatic heterocycles. The van der Waals surface area contributed by atoms with Gasteiger partial charge in [-0.05, 0) is 12.1 Å². The summed E-state index contributed by atoms with van der Waals surface area (Å²) in [7, 11) is 1.59. The number of hydrogen-bond acceptors (Lipinski definition) is 3. The molecule has 0 atom stereocenters. The third-order valence-electron chi connectivity index (χ3n) is 1.79. The standard InChI is InChI=1S/C11H12BrNO3/c1-16-10-6-8(12)5-9(7-10)13-4-2-3-11(14)15/h2-3,5-7,13H,4H2,1H3,(H,14,15)/b3-2+. The molecular weight excluding hydrogens is 274 g/mol. The van der Waals surface area contributed by atoms with Gasteiger partial charge in [0.05, 0.1) is 7.11 Å². The van der Waals surface area contributed by atoms with E-state index in [1.165, 1.54) is 6.08 Å². The van der Waals surface area contributed by atoms with Crippen molar-refractivity contribution in [1.29, 1.82) is 0 Å². The van der Waals surface area contributed by atoms with Crippen molar-refractivity contribution in [3.8, 4) is 5.75 Å². The zero-order valence-electron chi connectivity index (χ0n) is 8.74. The summed E-state index contributed by atoms with van der Waals surface area (Å²) in [4.78, 5) is 10.2. The van der Waals surface area contributed by atoms with E-state index in [0.717, 1.165) is 22.0 Å². The molecular formula is C11H12BrNO3. The quantitative estimate of drug-likeness (QED) is 0.817. The van der Waals surface area contributed by atoms with Gasteiger partial charge in [-0.25, -0.2) is 4.79 Å². The van der Waals surface area contributed by atoms with Crippen molar-refractivity contribution in [3.63, 3.8) is 0 Å². The molecule has 86 valence electrons. The largest absolute Gasteiger partial charge is 0.497 e. The molecule has 5 heteroatoms. The number of carbonyl (C=O) groups is 1. The number of benzene rings is 1. The van der Waals surface area contributed by atoms with Gasteiger partial charge in [-0.1, -0.05) is 22.0 Å². The zero-order valence-corrected chi connectivity index (χ0v) is 10.3. The first-order valence-electron chi connectivity index (χ1n) is 4.59. The van der Waals surface area contributed by atoms with Crippen LogP contribution in [0.2, 0.25) is 0 Å². The summed E-state index contributed by atoms with van der Waals surface area (Å²) < 4.78 is 6.00. The number of anilines is 1. The van der Waals surface area contributed by atoms with E-state index in [-0.39, 0.29) is 0 Å². The lowest BCUT2D eigenvalue weighted by molar-refractivity contribution is -0.131. The summed E-state index contributed by atoms with van der Waals surface area (Å²) in [5, 5.41) is 11.5. The van der Waals surface area contributed by atoms with Gasteiger partial charge in [0, 0.05) is 28.8 Å². The third kappa shape index (κ3) is 4.35. The summed E-state index contributed by atoms with van der Waals surface area (Å²) in [6.07, 6.45) is 2.64. The molecule has 1 aromatic rings. The number of aliphatic carboxylic acids is 1. The number of ether oxygens (including phenoxy) is 1. The maximum absolute atomic E-state index is 10.2. The van der Waals surface area contributed by atoms with E-state index in [9.17, 15) is 4.79 Å². The Hall–Kier alpha value is -1.49. The number of carboxylic acid groups (broad SMARTS) is 1. The molecule has 0 unspecified atom stereocenters. The highest BCUT2D eigenvalue weighted by molar-refractivity contribution is 9.10. The third-order valence-corrected chi connectivity index (χ3v) is 2.25. The fraction of sp³-hybridized carbons (Fsp3) is 0.182. The normalized spacial score (nSPS) is 10.4. The topological polar surface area (TPSA) is 58.6 Å². The highest BCUT2D eigenvalue weighted by atomic mass is 79.9. The van der Waals surface area contributed by atoms with E-state index >= 15 is 0 Å². The van der Waals surface area contributed by atoms with Gasteiger partial charge in [-0.3, -0.25) is 0 Å². The molecule has 0 saturated heterocycles. The Bertz CT molecular complexity index is 404. The molecule has 0 aliphatic carbocycles. The van der Waals surface area contributed by atoms with Gasteiger partial charge in [0.1, 0.15) is 5.75 Å². The van der Waals surface area contributed by atoms with Crippen molar-refractivity contribution in [1.82, 2.24) is 0 Å². The van der Waals surface area contributed by atoms with Gasteiger partial charge in [0.15, 0.2) is 0 Å². The predicted molar refractivity (Wildman–Crippen MR) is 66.0 cm³/mol. The Kier molecular flexibility index (Phi) is 4.85. The maximum Gasteiger partial charge on any atom is 0.328 e. The second kappa shape index (κ2) is 6.17. The molecule has 0 heterocycles. The Morgan fingerprint density at radius 1 is 1.56 bits per heavy atom. The molecule has 0 bridgehead atoms. The molecule has 0 radical (unpaired) electrons. The van der Waals surface area contributed by atoms with Crippen molar-refractivity contribution in [3.05, 3.63) is 34.8 Å². The second-order valence-electron chi connectivity index (χ2n) is 3.00. The highest BCUT2D eigenvalue weighted by Crippen LogP contribution is 2.24. The van der Waals surface area contributed by atoms with Crippen LogP contribution in [0.5, 0.6) is 5.75 Å². The van der Waals surface area contributed by atoms with E-state index in [1.807, 2.05) is 18.2 Å². The molecule has 0 aliphatic heterocycles. The molecule has 1 rings (SSSR count). The molecule has 16 heavy (non-hydrogen) atoms. The van der Waals surface area contributed by atoms with Crippen LogP contribution >= 0.6 is 15.9 Å². The van der Waals surface area contributed by atoms with E-state index < -0.39 is 5.97 Å². The van der Waals surface area contributed by atoms with Crippen LogP contribution in [-0.2, 0) is 4.79 Å². The SMILES string of the molecule is COc1cc(Br)cc(NC/C=C/C(=O)O)c1. The van der Waals surface area contributed by atoms with Gasteiger partial charge >= 0.3 is 5.97 Å². The molecule has 0 saturated carbocycles. The van der Waals surface area contributed by atoms with Gasteiger partial charge in [-0.2, -0.15) is 0 Å². The molecule has 0 amide bonds. The first-order valence-corrected chi connectivity index (χ1v) is 5.39. The molecule has 0 spiro atoms. The number of halogens is 1. The number of nitrogens with one attached hydrogen (secondary N) is 1. The van der Waals surface area contributed by atoms with Crippen LogP contribution in [0.25, 0.3) is 0 Å². The van der Waals surface area contributed by atoms with Crippen LogP contribution in [0.15, 0.2) is 34.8 Å². The Balaban J connectivity index is 2.60. The lowest BCUT2D eigenvalue weighted by Gasteiger charge is -2.06. The van der Waals surface area contributed by atoms with Crippen LogP contribution < -0.4 is 10.1 Å². The van der Waals surface area contributed by atoms with Gasteiger partial charge in [0.2, 0.25) is 0 Å². The summed E-state index contributed by atoms with van der Waals surface area (Å²) >= 11 is 3.35. The van der Waals surface area contributed by atoms with E-state index in [1.54, 1.807) is 7.11 Å². The van der Waals surface area contributed by atoms with Crippen molar-refractivity contribution < 1.29 is 14.6 Å². The summed E-state index contributed by atoms with van der Waals surface area (Å²) in [5.74, 6) is -0.215. The van der Waals surface area contributed by atoms with Crippen LogP contribution in [0.3, 0.4) is 0 Å². The van der Waals surface area contributed by atoms with Crippen molar-refractivity contribution in [2.24, 2.45) is 0 Å². The lowest BCUT2D eigenvalue weighted by atomic mass is 10.3. The molecule has 2 N–H and O–H groups in total. The molecule has 0 fully saturated rings. The van der Waals surface area contributed by atoms with E-state index in [0.29, 0.717) is 6.54 Å². The predicted octanol–water partition coefficient (Wildman–Crippen LogP) is 2.51. The van der Waals surface area contributed by atoms with Gasteiger partial charge in [-0.15, -0.1) is 0 Å². The Morgan fingerprint density at radius 2 is 2.31 bits per heavy atom. The van der Waals surface area contributed by atoms with Gasteiger partial charge < -0.3 is 15.2 Å². The first kappa shape index (κ1) is 12.6. The van der Waals surface area contributed by atoms with E-state index in [2.05, 4.69) is 21.2 Å². The fourth-order valence-electron chi connectivity index (χ4n) is 1.12. The molecule has 1 aromatic carbocycles. The van der Waals surface area contributed by atoms with Crippen LogP contribution in [0.1, 0.15) is 0 Å². The average Bonchev–Trinajstić information content (AvgIpc) is 2.23. The van der Waals surface area contributed by atoms with Crippen LogP contribution in [0.4, 0.5) is 5.69 Å². The second-order valence-corrected chi connectivity index (χ2v) is 3.92. The first-order chi connectivity index (χ1) is 7.61. The van der Waals surface area contributed by atoms with Crippen LogP contribution in [0, 0.1) is 0 Å². The average molecular weight is 286 g/mol. The minimum absolute atomic E-state index is 0.450. The number of rotatable bonds is 5. The number of hydrogen-bond donors (Lipinski definition) is 2. The Morgan fingerprint density at radius 3 is 2.94 bits per heavy atom. The summed E-state index contributed by atoms with van der Waals surface area (Å²) in [6, 6.07) is 5.56. The monoisotopic (exact) mass is 285 g/mol. The van der Waals surface area contributed by atoms with E-state index in [4.69, 9.17) is 9.84 Å². The minimum atomic E-state index is -0.950.